The number of carbonyl (C=O) groups is 1. The lowest BCUT2D eigenvalue weighted by molar-refractivity contribution is 0.0695. The highest BCUT2D eigenvalue weighted by Gasteiger charge is 2.21. The first-order valence-electron chi connectivity index (χ1n) is 7.25. The van der Waals surface area contributed by atoms with E-state index in [4.69, 9.17) is 5.11 Å². The quantitative estimate of drug-likeness (QED) is 0.847. The average molecular weight is 291 g/mol. The third-order valence-electron chi connectivity index (χ3n) is 3.39. The minimum atomic E-state index is -0.533. The Hall–Kier alpha value is -1.86. The molecule has 1 amide bonds. The molecule has 1 aromatic carbocycles. The number of amides is 1. The molecule has 114 valence electrons. The summed E-state index contributed by atoms with van der Waals surface area (Å²) in [6, 6.07) is 4.34. The van der Waals surface area contributed by atoms with Crippen LogP contribution in [0, 0.1) is 17.7 Å². The Kier molecular flexibility index (Phi) is 6.90. The molecule has 1 rings (SSSR count). The predicted molar refractivity (Wildman–Crippen MR) is 81.4 cm³/mol. The van der Waals surface area contributed by atoms with Crippen molar-refractivity contribution in [1.29, 1.82) is 0 Å². The molecule has 0 saturated carbocycles. The topological polar surface area (TPSA) is 40.5 Å². The van der Waals surface area contributed by atoms with Gasteiger partial charge in [-0.05, 0) is 38.5 Å². The van der Waals surface area contributed by atoms with Crippen molar-refractivity contribution >= 4 is 5.91 Å². The van der Waals surface area contributed by atoms with E-state index in [-0.39, 0.29) is 24.1 Å². The van der Waals surface area contributed by atoms with Crippen molar-refractivity contribution < 1.29 is 14.3 Å². The molecule has 1 aromatic rings. The van der Waals surface area contributed by atoms with Crippen LogP contribution in [0.3, 0.4) is 0 Å². The minimum Gasteiger partial charge on any atom is -0.395 e. The minimum absolute atomic E-state index is 0.0163. The van der Waals surface area contributed by atoms with Gasteiger partial charge in [-0.25, -0.2) is 4.39 Å². The third-order valence-corrected chi connectivity index (χ3v) is 3.39. The Balaban J connectivity index is 3.08. The monoisotopic (exact) mass is 291 g/mol. The summed E-state index contributed by atoms with van der Waals surface area (Å²) in [6.45, 7) is 6.34. The van der Waals surface area contributed by atoms with E-state index in [2.05, 4.69) is 11.8 Å². The van der Waals surface area contributed by atoms with Crippen molar-refractivity contribution in [2.75, 3.05) is 13.2 Å². The zero-order chi connectivity index (χ0) is 15.8. The van der Waals surface area contributed by atoms with Gasteiger partial charge in [-0.3, -0.25) is 4.79 Å². The fourth-order valence-corrected chi connectivity index (χ4v) is 2.02. The summed E-state index contributed by atoms with van der Waals surface area (Å²) in [7, 11) is 0. The molecule has 0 fully saturated rings. The number of aliphatic hydroxyl groups excluding tert-OH is 1. The molecule has 0 saturated heterocycles. The largest absolute Gasteiger partial charge is 0.395 e. The second-order valence-electron chi connectivity index (χ2n) is 4.82. The highest BCUT2D eigenvalue weighted by molar-refractivity contribution is 5.95. The van der Waals surface area contributed by atoms with E-state index >= 15 is 0 Å². The molecule has 0 spiro atoms. The van der Waals surface area contributed by atoms with Crippen LogP contribution in [0.5, 0.6) is 0 Å². The Morgan fingerprint density at radius 3 is 2.71 bits per heavy atom. The van der Waals surface area contributed by atoms with Crippen LogP contribution in [0.25, 0.3) is 0 Å². The van der Waals surface area contributed by atoms with Crippen molar-refractivity contribution in [3.05, 3.63) is 35.1 Å². The van der Waals surface area contributed by atoms with Crippen molar-refractivity contribution in [2.45, 2.75) is 39.7 Å². The summed E-state index contributed by atoms with van der Waals surface area (Å²) in [5, 5.41) is 8.70. The SMILES string of the molecule is CCC(C)N(CC)C(=O)c1cc(C#CCCO)ccc1F. The summed E-state index contributed by atoms with van der Waals surface area (Å²) < 4.78 is 13.9. The zero-order valence-corrected chi connectivity index (χ0v) is 12.8. The van der Waals surface area contributed by atoms with Crippen LogP contribution in [0.15, 0.2) is 18.2 Å². The summed E-state index contributed by atoms with van der Waals surface area (Å²) in [6.07, 6.45) is 1.17. The van der Waals surface area contributed by atoms with Crippen LogP contribution < -0.4 is 0 Å². The molecule has 1 atom stereocenters. The first-order valence-corrected chi connectivity index (χ1v) is 7.25. The maximum Gasteiger partial charge on any atom is 0.257 e. The first-order chi connectivity index (χ1) is 10.0. The Morgan fingerprint density at radius 2 is 2.14 bits per heavy atom. The van der Waals surface area contributed by atoms with Gasteiger partial charge in [0.15, 0.2) is 0 Å². The maximum atomic E-state index is 13.9. The Morgan fingerprint density at radius 1 is 1.43 bits per heavy atom. The van der Waals surface area contributed by atoms with Gasteiger partial charge in [0.25, 0.3) is 5.91 Å². The molecule has 0 aliphatic heterocycles. The number of halogens is 1. The van der Waals surface area contributed by atoms with Crippen LogP contribution in [0.1, 0.15) is 49.5 Å². The molecule has 0 heterocycles. The smallest absolute Gasteiger partial charge is 0.257 e. The summed E-state index contributed by atoms with van der Waals surface area (Å²) in [4.78, 5) is 14.1. The van der Waals surface area contributed by atoms with E-state index in [1.165, 1.54) is 18.2 Å². The lowest BCUT2D eigenvalue weighted by Crippen LogP contribution is -2.38. The molecule has 0 aliphatic carbocycles. The van der Waals surface area contributed by atoms with E-state index in [9.17, 15) is 9.18 Å². The Labute approximate surface area is 125 Å². The van der Waals surface area contributed by atoms with Crippen molar-refractivity contribution in [3.8, 4) is 11.8 Å². The molecule has 1 unspecified atom stereocenters. The van der Waals surface area contributed by atoms with Crippen molar-refractivity contribution in [2.24, 2.45) is 0 Å². The summed E-state index contributed by atoms with van der Waals surface area (Å²) in [5.74, 6) is 4.74. The van der Waals surface area contributed by atoms with Gasteiger partial charge in [0.05, 0.1) is 12.2 Å². The maximum absolute atomic E-state index is 13.9. The molecule has 21 heavy (non-hydrogen) atoms. The van der Waals surface area contributed by atoms with Crippen LogP contribution >= 0.6 is 0 Å². The van der Waals surface area contributed by atoms with Gasteiger partial charge in [-0.15, -0.1) is 0 Å². The average Bonchev–Trinajstić information content (AvgIpc) is 2.49. The second-order valence-corrected chi connectivity index (χ2v) is 4.82. The number of hydrogen-bond donors (Lipinski definition) is 1. The van der Waals surface area contributed by atoms with Crippen LogP contribution in [0.4, 0.5) is 4.39 Å². The molecule has 3 nitrogen and oxygen atoms in total. The van der Waals surface area contributed by atoms with Crippen LogP contribution in [-0.4, -0.2) is 35.1 Å². The summed E-state index contributed by atoms with van der Waals surface area (Å²) >= 11 is 0. The number of aliphatic hydroxyl groups is 1. The lowest BCUT2D eigenvalue weighted by atomic mass is 10.1. The molecule has 4 heteroatoms. The number of carbonyl (C=O) groups excluding carboxylic acids is 1. The zero-order valence-electron chi connectivity index (χ0n) is 12.8. The number of rotatable bonds is 5. The fraction of sp³-hybridized carbons (Fsp3) is 0.471. The normalized spacial score (nSPS) is 11.5. The first kappa shape index (κ1) is 17.2. The van der Waals surface area contributed by atoms with Gasteiger partial charge in [-0.1, -0.05) is 18.8 Å². The molecular weight excluding hydrogens is 269 g/mol. The van der Waals surface area contributed by atoms with Gasteiger partial charge >= 0.3 is 0 Å². The van der Waals surface area contributed by atoms with Gasteiger partial charge in [-0.2, -0.15) is 0 Å². The fourth-order valence-electron chi connectivity index (χ4n) is 2.02. The van der Waals surface area contributed by atoms with E-state index in [1.807, 2.05) is 20.8 Å². The van der Waals surface area contributed by atoms with E-state index in [0.717, 1.165) is 6.42 Å². The highest BCUT2D eigenvalue weighted by atomic mass is 19.1. The third kappa shape index (κ3) is 4.57. The summed E-state index contributed by atoms with van der Waals surface area (Å²) in [5.41, 5.74) is 0.626. The second kappa shape index (κ2) is 8.43. The van der Waals surface area contributed by atoms with E-state index in [1.54, 1.807) is 4.90 Å². The molecule has 0 bridgehead atoms. The molecule has 0 aliphatic rings. The molecular formula is C17H22FNO2. The Bertz CT molecular complexity index is 545. The molecule has 1 N–H and O–H groups in total. The predicted octanol–water partition coefficient (Wildman–Crippen LogP) is 2.82. The van der Waals surface area contributed by atoms with Crippen LogP contribution in [-0.2, 0) is 0 Å². The standard InChI is InChI=1S/C17H22FNO2/c1-4-13(3)19(5-2)17(21)15-12-14(8-6-7-11-20)9-10-16(15)18/h9-10,12-13,20H,4-5,7,11H2,1-3H3. The van der Waals surface area contributed by atoms with Gasteiger partial charge in [0.2, 0.25) is 0 Å². The van der Waals surface area contributed by atoms with Gasteiger partial charge < -0.3 is 10.0 Å². The van der Waals surface area contributed by atoms with Gasteiger partial charge in [0.1, 0.15) is 5.82 Å². The van der Waals surface area contributed by atoms with E-state index < -0.39 is 5.82 Å². The molecule has 0 aromatic heterocycles. The van der Waals surface area contributed by atoms with E-state index in [0.29, 0.717) is 18.5 Å². The number of hydrogen-bond acceptors (Lipinski definition) is 2. The lowest BCUT2D eigenvalue weighted by Gasteiger charge is -2.27. The highest BCUT2D eigenvalue weighted by Crippen LogP contribution is 2.15. The van der Waals surface area contributed by atoms with Gasteiger partial charge in [0, 0.05) is 24.6 Å². The van der Waals surface area contributed by atoms with Crippen molar-refractivity contribution in [1.82, 2.24) is 4.90 Å². The number of benzene rings is 1. The van der Waals surface area contributed by atoms with Crippen LogP contribution in [0.2, 0.25) is 0 Å². The molecule has 0 radical (unpaired) electrons. The number of nitrogens with zero attached hydrogens (tertiary/aromatic N) is 1. The van der Waals surface area contributed by atoms with Crippen molar-refractivity contribution in [3.63, 3.8) is 0 Å².